The van der Waals surface area contributed by atoms with Gasteiger partial charge >= 0.3 is 5.70 Å². The third kappa shape index (κ3) is 2.94. The molecule has 0 bridgehead atoms. The molecular formula is C16H11Cl2N3O5. The van der Waals surface area contributed by atoms with E-state index in [-0.39, 0.29) is 15.6 Å². The van der Waals surface area contributed by atoms with Gasteiger partial charge in [0.2, 0.25) is 0 Å². The van der Waals surface area contributed by atoms with Crippen molar-refractivity contribution in [3.63, 3.8) is 0 Å². The van der Waals surface area contributed by atoms with Gasteiger partial charge in [0.25, 0.3) is 5.78 Å². The molecule has 1 aliphatic heterocycles. The van der Waals surface area contributed by atoms with Gasteiger partial charge in [-0.2, -0.15) is 0 Å². The monoisotopic (exact) mass is 395 g/mol. The molecule has 1 aromatic heterocycles. The first-order valence-corrected chi connectivity index (χ1v) is 7.90. The number of hydrogen-bond acceptors (Lipinski definition) is 6. The Hall–Kier alpha value is -2.81. The van der Waals surface area contributed by atoms with E-state index < -0.39 is 22.2 Å². The molecule has 1 aliphatic carbocycles. The molecule has 1 aromatic rings. The Morgan fingerprint density at radius 1 is 1.12 bits per heavy atom. The van der Waals surface area contributed by atoms with E-state index >= 15 is 0 Å². The molecule has 8 nitrogen and oxygen atoms in total. The number of allylic oxidation sites excluding steroid dienone is 4. The molecule has 10 heteroatoms. The quantitative estimate of drug-likeness (QED) is 0.549. The van der Waals surface area contributed by atoms with Gasteiger partial charge in [-0.3, -0.25) is 20.1 Å². The fourth-order valence-electron chi connectivity index (χ4n) is 2.69. The number of hydroxylamine groups is 2. The lowest BCUT2D eigenvalue weighted by molar-refractivity contribution is -0.418. The second kappa shape index (κ2) is 6.49. The number of hydrogen-bond donors (Lipinski definition) is 2. The van der Waals surface area contributed by atoms with Crippen LogP contribution in [0.3, 0.4) is 0 Å². The SMILES string of the molecule is Cn1c(=C2C(Cl)=CN(O)C=C2Cl)cc/c1=C1/C=C(O)C(=O)C([N+](=O)[O-])=C1. The Bertz CT molecular complexity index is 1070. The largest absolute Gasteiger partial charge is 0.504 e. The van der Waals surface area contributed by atoms with E-state index in [2.05, 4.69) is 0 Å². The van der Waals surface area contributed by atoms with Gasteiger partial charge < -0.3 is 9.67 Å². The molecule has 3 rings (SSSR count). The second-order valence-corrected chi connectivity index (χ2v) is 6.29. The lowest BCUT2D eigenvalue weighted by atomic mass is 10.0. The Morgan fingerprint density at radius 3 is 2.27 bits per heavy atom. The highest BCUT2D eigenvalue weighted by atomic mass is 35.5. The number of nitrogens with zero attached hydrogens (tertiary/aromatic N) is 3. The van der Waals surface area contributed by atoms with Gasteiger partial charge in [0.15, 0.2) is 5.76 Å². The molecule has 134 valence electrons. The van der Waals surface area contributed by atoms with Crippen LogP contribution in [0.4, 0.5) is 0 Å². The molecule has 0 saturated heterocycles. The summed E-state index contributed by atoms with van der Waals surface area (Å²) >= 11 is 12.3. The predicted molar refractivity (Wildman–Crippen MR) is 93.8 cm³/mol. The minimum atomic E-state index is -1.05. The van der Waals surface area contributed by atoms with Crippen molar-refractivity contribution >= 4 is 40.1 Å². The van der Waals surface area contributed by atoms with Crippen molar-refractivity contribution in [2.45, 2.75) is 0 Å². The lowest BCUT2D eigenvalue weighted by Gasteiger charge is -2.16. The van der Waals surface area contributed by atoms with Crippen LogP contribution < -0.4 is 10.7 Å². The molecule has 0 aromatic carbocycles. The molecule has 26 heavy (non-hydrogen) atoms. The highest BCUT2D eigenvalue weighted by molar-refractivity contribution is 6.44. The lowest BCUT2D eigenvalue weighted by Crippen LogP contribution is -2.28. The Balaban J connectivity index is 2.32. The summed E-state index contributed by atoms with van der Waals surface area (Å²) in [5, 5.41) is 32.4. The molecule has 0 fully saturated rings. The molecule has 0 amide bonds. The summed E-state index contributed by atoms with van der Waals surface area (Å²) in [6, 6.07) is 3.32. The van der Waals surface area contributed by atoms with Gasteiger partial charge in [0.1, 0.15) is 0 Å². The number of aromatic nitrogens is 1. The predicted octanol–water partition coefficient (Wildman–Crippen LogP) is 1.38. The second-order valence-electron chi connectivity index (χ2n) is 5.47. The Labute approximate surface area is 156 Å². The van der Waals surface area contributed by atoms with E-state index in [1.165, 1.54) is 12.4 Å². The van der Waals surface area contributed by atoms with Crippen LogP contribution >= 0.6 is 23.2 Å². The smallest absolute Gasteiger partial charge is 0.320 e. The number of carbonyl (C=O) groups excluding carboxylic acids is 1. The number of carbonyl (C=O) groups is 1. The average Bonchev–Trinajstić information content (AvgIpc) is 2.90. The van der Waals surface area contributed by atoms with Crippen LogP contribution in [-0.4, -0.2) is 30.7 Å². The summed E-state index contributed by atoms with van der Waals surface area (Å²) < 4.78 is 1.65. The molecule has 0 radical (unpaired) electrons. The minimum absolute atomic E-state index is 0.191. The zero-order valence-corrected chi connectivity index (χ0v) is 14.7. The van der Waals surface area contributed by atoms with Gasteiger partial charge in [-0.05, 0) is 18.2 Å². The van der Waals surface area contributed by atoms with Gasteiger partial charge in [0.05, 0.1) is 32.7 Å². The maximum atomic E-state index is 11.7. The van der Waals surface area contributed by atoms with Crippen molar-refractivity contribution in [1.82, 2.24) is 9.63 Å². The number of halogens is 2. The number of nitro groups is 1. The summed E-state index contributed by atoms with van der Waals surface area (Å²) in [4.78, 5) is 21.8. The van der Waals surface area contributed by atoms with E-state index in [1.807, 2.05) is 0 Å². The number of Topliss-reactive ketones (excluding diaryl/α,β-unsaturated/α-hetero) is 1. The summed E-state index contributed by atoms with van der Waals surface area (Å²) in [5.74, 6) is -1.76. The van der Waals surface area contributed by atoms with Gasteiger partial charge in [-0.15, -0.1) is 0 Å². The van der Waals surface area contributed by atoms with E-state index in [9.17, 15) is 25.2 Å². The van der Waals surface area contributed by atoms with Crippen LogP contribution in [0.25, 0.3) is 11.1 Å². The number of ketones is 1. The number of aliphatic hydroxyl groups excluding tert-OH is 1. The number of rotatable bonds is 1. The topological polar surface area (TPSA) is 109 Å². The first kappa shape index (κ1) is 18.0. The molecule has 0 atom stereocenters. The first-order valence-electron chi connectivity index (χ1n) is 7.15. The molecule has 0 unspecified atom stereocenters. The highest BCUT2D eigenvalue weighted by Crippen LogP contribution is 2.30. The highest BCUT2D eigenvalue weighted by Gasteiger charge is 2.29. The van der Waals surface area contributed by atoms with Gasteiger partial charge in [-0.25, -0.2) is 5.06 Å². The molecule has 2 aliphatic rings. The zero-order chi connectivity index (χ0) is 19.2. The van der Waals surface area contributed by atoms with Crippen molar-refractivity contribution in [3.05, 3.63) is 79.0 Å². The minimum Gasteiger partial charge on any atom is -0.504 e. The summed E-state index contributed by atoms with van der Waals surface area (Å²) in [6.45, 7) is 0. The first-order chi connectivity index (χ1) is 12.2. The van der Waals surface area contributed by atoms with Gasteiger partial charge in [0, 0.05) is 29.6 Å². The standard InChI is InChI=1S/C16H11Cl2N3O5/c1-19-11(8-4-13(21(25)26)16(23)14(22)5-8)2-3-12(19)15-9(17)6-20(24)7-10(15)18/h2-7,22,24H,1H3/b11-8-. The van der Waals surface area contributed by atoms with Crippen molar-refractivity contribution in [3.8, 4) is 0 Å². The maximum absolute atomic E-state index is 11.7. The Kier molecular flexibility index (Phi) is 4.49. The average molecular weight is 396 g/mol. The van der Waals surface area contributed by atoms with Crippen LogP contribution in [0.2, 0.25) is 0 Å². The molecule has 2 heterocycles. The number of aliphatic hydroxyl groups is 1. The van der Waals surface area contributed by atoms with Crippen LogP contribution in [0.1, 0.15) is 0 Å². The van der Waals surface area contributed by atoms with E-state index in [1.54, 1.807) is 23.7 Å². The fraction of sp³-hybridized carbons (Fsp3) is 0.0625. The van der Waals surface area contributed by atoms with Crippen LogP contribution in [0.15, 0.2) is 58.2 Å². The molecule has 0 spiro atoms. The maximum Gasteiger partial charge on any atom is 0.320 e. The van der Waals surface area contributed by atoms with Crippen molar-refractivity contribution in [2.75, 3.05) is 0 Å². The van der Waals surface area contributed by atoms with Crippen LogP contribution in [0.5, 0.6) is 0 Å². The fourth-order valence-corrected chi connectivity index (χ4v) is 3.34. The van der Waals surface area contributed by atoms with Crippen LogP contribution in [0, 0.1) is 10.1 Å². The van der Waals surface area contributed by atoms with E-state index in [4.69, 9.17) is 23.2 Å². The zero-order valence-electron chi connectivity index (χ0n) is 13.2. The molecule has 2 N–H and O–H groups in total. The summed E-state index contributed by atoms with van der Waals surface area (Å²) in [6.07, 6.45) is 4.78. The van der Waals surface area contributed by atoms with E-state index in [0.29, 0.717) is 16.3 Å². The Morgan fingerprint density at radius 2 is 1.69 bits per heavy atom. The van der Waals surface area contributed by atoms with Crippen LogP contribution in [-0.2, 0) is 11.8 Å². The van der Waals surface area contributed by atoms with Crippen molar-refractivity contribution in [2.24, 2.45) is 7.05 Å². The van der Waals surface area contributed by atoms with Crippen molar-refractivity contribution < 1.29 is 20.0 Å². The molecule has 0 saturated carbocycles. The van der Waals surface area contributed by atoms with E-state index in [0.717, 1.165) is 17.2 Å². The summed E-state index contributed by atoms with van der Waals surface area (Å²) in [5.41, 5.74) is 0.00865. The third-order valence-electron chi connectivity index (χ3n) is 3.89. The normalized spacial score (nSPS) is 19.8. The summed E-state index contributed by atoms with van der Waals surface area (Å²) in [7, 11) is 1.67. The van der Waals surface area contributed by atoms with Crippen molar-refractivity contribution in [1.29, 1.82) is 0 Å². The third-order valence-corrected chi connectivity index (χ3v) is 4.46. The molecular weight excluding hydrogens is 385 g/mol. The van der Waals surface area contributed by atoms with Gasteiger partial charge in [-0.1, -0.05) is 23.2 Å².